The zero-order valence-electron chi connectivity index (χ0n) is 11.7. The van der Waals surface area contributed by atoms with E-state index < -0.39 is 0 Å². The van der Waals surface area contributed by atoms with Gasteiger partial charge in [0.15, 0.2) is 0 Å². The topological polar surface area (TPSA) is 29.1 Å². The van der Waals surface area contributed by atoms with Gasteiger partial charge in [-0.3, -0.25) is 4.79 Å². The van der Waals surface area contributed by atoms with Gasteiger partial charge < -0.3 is 5.32 Å². The molecule has 2 aromatic carbocycles. The van der Waals surface area contributed by atoms with Crippen LogP contribution >= 0.6 is 0 Å². The van der Waals surface area contributed by atoms with Gasteiger partial charge in [-0.15, -0.1) is 0 Å². The third-order valence-electron chi connectivity index (χ3n) is 2.95. The van der Waals surface area contributed by atoms with Crippen molar-refractivity contribution in [3.05, 3.63) is 71.3 Å². The normalized spacial score (nSPS) is 10.7. The maximum Gasteiger partial charge on any atom is 0.251 e. The molecule has 0 aromatic heterocycles. The molecule has 0 aliphatic rings. The van der Waals surface area contributed by atoms with Crippen LogP contribution in [0, 0.1) is 0 Å². The highest BCUT2D eigenvalue weighted by Gasteiger charge is 2.03. The third-order valence-corrected chi connectivity index (χ3v) is 2.95. The molecule has 0 spiro atoms. The van der Waals surface area contributed by atoms with Crippen LogP contribution in [-0.2, 0) is 0 Å². The number of hydrogen-bond donors (Lipinski definition) is 1. The van der Waals surface area contributed by atoms with Gasteiger partial charge in [0.05, 0.1) is 0 Å². The Labute approximate surface area is 120 Å². The second-order valence-corrected chi connectivity index (χ2v) is 4.63. The van der Waals surface area contributed by atoms with Gasteiger partial charge in [0.2, 0.25) is 0 Å². The van der Waals surface area contributed by atoms with Crippen molar-refractivity contribution in [2.75, 3.05) is 6.54 Å². The standard InChI is InChI=1S/C18H19NO/c1-2-13-19-18(20)17-10-6-9-16(14-17)12-11-15-7-4-3-5-8-15/h3-12,14H,2,13H2,1H3,(H,19,20)/b12-11+. The Balaban J connectivity index is 2.10. The number of carbonyl (C=O) groups excluding carboxylic acids is 1. The van der Waals surface area contributed by atoms with Gasteiger partial charge in [0.25, 0.3) is 5.91 Å². The molecule has 20 heavy (non-hydrogen) atoms. The lowest BCUT2D eigenvalue weighted by molar-refractivity contribution is 0.0953. The first-order valence-electron chi connectivity index (χ1n) is 6.91. The number of hydrogen-bond acceptors (Lipinski definition) is 1. The molecule has 1 amide bonds. The van der Waals surface area contributed by atoms with Crippen LogP contribution in [-0.4, -0.2) is 12.5 Å². The molecule has 1 N–H and O–H groups in total. The van der Waals surface area contributed by atoms with Crippen LogP contribution in [0.2, 0.25) is 0 Å². The SMILES string of the molecule is CCCNC(=O)c1cccc(/C=C/c2ccccc2)c1. The maximum absolute atomic E-state index is 11.9. The first kappa shape index (κ1) is 14.1. The fraction of sp³-hybridized carbons (Fsp3) is 0.167. The van der Waals surface area contributed by atoms with Crippen LogP contribution in [0.4, 0.5) is 0 Å². The quantitative estimate of drug-likeness (QED) is 0.813. The summed E-state index contributed by atoms with van der Waals surface area (Å²) in [5.41, 5.74) is 2.88. The monoisotopic (exact) mass is 265 g/mol. The van der Waals surface area contributed by atoms with Crippen LogP contribution in [0.15, 0.2) is 54.6 Å². The lowest BCUT2D eigenvalue weighted by Gasteiger charge is -2.04. The van der Waals surface area contributed by atoms with E-state index in [0.29, 0.717) is 12.1 Å². The Morgan fingerprint density at radius 3 is 2.45 bits per heavy atom. The van der Waals surface area contributed by atoms with E-state index in [9.17, 15) is 4.79 Å². The summed E-state index contributed by atoms with van der Waals surface area (Å²) in [7, 11) is 0. The molecule has 0 aliphatic heterocycles. The van der Waals surface area contributed by atoms with E-state index in [1.807, 2.05) is 73.7 Å². The Morgan fingerprint density at radius 1 is 1.00 bits per heavy atom. The lowest BCUT2D eigenvalue weighted by Crippen LogP contribution is -2.23. The van der Waals surface area contributed by atoms with Crippen molar-refractivity contribution in [1.29, 1.82) is 0 Å². The first-order chi connectivity index (χ1) is 9.79. The summed E-state index contributed by atoms with van der Waals surface area (Å²) in [6.07, 6.45) is 5.01. The minimum absolute atomic E-state index is 0.0122. The molecule has 2 nitrogen and oxygen atoms in total. The molecule has 0 bridgehead atoms. The molecular formula is C18H19NO. The number of benzene rings is 2. The minimum atomic E-state index is -0.0122. The Kier molecular flexibility index (Phi) is 5.13. The van der Waals surface area contributed by atoms with Gasteiger partial charge in [-0.25, -0.2) is 0 Å². The predicted octanol–water partition coefficient (Wildman–Crippen LogP) is 4.00. The maximum atomic E-state index is 11.9. The molecule has 0 saturated heterocycles. The van der Waals surface area contributed by atoms with Crippen LogP contribution < -0.4 is 5.32 Å². The second kappa shape index (κ2) is 7.29. The van der Waals surface area contributed by atoms with Crippen molar-refractivity contribution in [2.45, 2.75) is 13.3 Å². The summed E-state index contributed by atoms with van der Waals surface area (Å²) < 4.78 is 0. The van der Waals surface area contributed by atoms with Crippen molar-refractivity contribution >= 4 is 18.1 Å². The molecule has 0 saturated carbocycles. The minimum Gasteiger partial charge on any atom is -0.352 e. The fourth-order valence-corrected chi connectivity index (χ4v) is 1.88. The Hall–Kier alpha value is -2.35. The van der Waals surface area contributed by atoms with Crippen LogP contribution in [0.1, 0.15) is 34.8 Å². The van der Waals surface area contributed by atoms with Crippen LogP contribution in [0.3, 0.4) is 0 Å². The average molecular weight is 265 g/mol. The predicted molar refractivity (Wildman–Crippen MR) is 84.4 cm³/mol. The summed E-state index contributed by atoms with van der Waals surface area (Å²) in [5, 5.41) is 2.89. The molecule has 0 unspecified atom stereocenters. The summed E-state index contributed by atoms with van der Waals surface area (Å²) in [4.78, 5) is 11.9. The van der Waals surface area contributed by atoms with Gasteiger partial charge in [-0.05, 0) is 29.7 Å². The first-order valence-corrected chi connectivity index (χ1v) is 6.91. The van der Waals surface area contributed by atoms with Crippen molar-refractivity contribution in [2.24, 2.45) is 0 Å². The van der Waals surface area contributed by atoms with E-state index >= 15 is 0 Å². The summed E-state index contributed by atoms with van der Waals surface area (Å²) >= 11 is 0. The third kappa shape index (κ3) is 4.09. The van der Waals surface area contributed by atoms with Crippen molar-refractivity contribution in [1.82, 2.24) is 5.32 Å². The Morgan fingerprint density at radius 2 is 1.70 bits per heavy atom. The fourth-order valence-electron chi connectivity index (χ4n) is 1.88. The molecular weight excluding hydrogens is 246 g/mol. The molecule has 0 radical (unpaired) electrons. The molecule has 0 fully saturated rings. The Bertz CT molecular complexity index is 587. The number of nitrogens with one attached hydrogen (secondary N) is 1. The van der Waals surface area contributed by atoms with Crippen molar-refractivity contribution < 1.29 is 4.79 Å². The van der Waals surface area contributed by atoms with E-state index in [0.717, 1.165) is 17.5 Å². The smallest absolute Gasteiger partial charge is 0.251 e. The molecule has 102 valence electrons. The van der Waals surface area contributed by atoms with Crippen molar-refractivity contribution in [3.63, 3.8) is 0 Å². The number of amides is 1. The van der Waals surface area contributed by atoms with E-state index in [2.05, 4.69) is 5.32 Å². The largest absolute Gasteiger partial charge is 0.352 e. The van der Waals surface area contributed by atoms with Gasteiger partial charge in [0.1, 0.15) is 0 Å². The lowest BCUT2D eigenvalue weighted by atomic mass is 10.1. The zero-order chi connectivity index (χ0) is 14.2. The van der Waals surface area contributed by atoms with Gasteiger partial charge >= 0.3 is 0 Å². The van der Waals surface area contributed by atoms with E-state index in [1.165, 1.54) is 0 Å². The molecule has 0 aliphatic carbocycles. The number of carbonyl (C=O) groups is 1. The highest BCUT2D eigenvalue weighted by atomic mass is 16.1. The van der Waals surface area contributed by atoms with Gasteiger partial charge in [0, 0.05) is 12.1 Å². The summed E-state index contributed by atoms with van der Waals surface area (Å²) in [6, 6.07) is 17.8. The van der Waals surface area contributed by atoms with Gasteiger partial charge in [-0.2, -0.15) is 0 Å². The van der Waals surface area contributed by atoms with E-state index in [-0.39, 0.29) is 5.91 Å². The molecule has 0 heterocycles. The van der Waals surface area contributed by atoms with Gasteiger partial charge in [-0.1, -0.05) is 61.5 Å². The highest BCUT2D eigenvalue weighted by Crippen LogP contribution is 2.10. The van der Waals surface area contributed by atoms with Crippen LogP contribution in [0.25, 0.3) is 12.2 Å². The molecule has 2 aromatic rings. The number of rotatable bonds is 5. The highest BCUT2D eigenvalue weighted by molar-refractivity contribution is 5.94. The second-order valence-electron chi connectivity index (χ2n) is 4.63. The zero-order valence-corrected chi connectivity index (χ0v) is 11.7. The average Bonchev–Trinajstić information content (AvgIpc) is 2.52. The van der Waals surface area contributed by atoms with E-state index in [4.69, 9.17) is 0 Å². The van der Waals surface area contributed by atoms with Crippen molar-refractivity contribution in [3.8, 4) is 0 Å². The molecule has 0 atom stereocenters. The summed E-state index contributed by atoms with van der Waals surface area (Å²) in [5.74, 6) is -0.0122. The van der Waals surface area contributed by atoms with Crippen LogP contribution in [0.5, 0.6) is 0 Å². The molecule has 2 rings (SSSR count). The summed E-state index contributed by atoms with van der Waals surface area (Å²) in [6.45, 7) is 2.75. The van der Waals surface area contributed by atoms with E-state index in [1.54, 1.807) is 0 Å². The molecule has 2 heteroatoms.